The number of ketones is 1. The molecule has 0 saturated carbocycles. The highest BCUT2D eigenvalue weighted by atomic mass is 19.4. The van der Waals surface area contributed by atoms with Crippen LogP contribution in [0.25, 0.3) is 0 Å². The van der Waals surface area contributed by atoms with Crippen LogP contribution in [0.15, 0.2) is 24.3 Å². The molecule has 2 rings (SSSR count). The van der Waals surface area contributed by atoms with E-state index in [1.165, 1.54) is 0 Å². The lowest BCUT2D eigenvalue weighted by Gasteiger charge is -2.45. The van der Waals surface area contributed by atoms with Gasteiger partial charge < -0.3 is 0 Å². The molecule has 0 N–H and O–H groups in total. The van der Waals surface area contributed by atoms with Crippen molar-refractivity contribution in [2.75, 3.05) is 0 Å². The molecule has 0 spiro atoms. The lowest BCUT2D eigenvalue weighted by molar-refractivity contribution is -0.372. The first-order valence-corrected chi connectivity index (χ1v) is 5.04. The molecule has 110 valence electrons. The molecule has 1 aromatic rings. The third-order valence-electron chi connectivity index (χ3n) is 3.11. The number of alkyl halides is 8. The van der Waals surface area contributed by atoms with Crippen LogP contribution in [0.4, 0.5) is 35.1 Å². The molecule has 0 aliphatic heterocycles. The SMILES string of the molecule is O=C1c2ccccc2C1(F)C(F)(C(F)(F)F)C(F)(F)F. The Bertz CT molecular complexity index is 559. The van der Waals surface area contributed by atoms with Gasteiger partial charge in [-0.2, -0.15) is 26.3 Å². The number of Topliss-reactive ketones (excluding diaryl/α,β-unsaturated/α-hetero) is 1. The van der Waals surface area contributed by atoms with Crippen molar-refractivity contribution < 1.29 is 39.9 Å². The van der Waals surface area contributed by atoms with Gasteiger partial charge in [0.1, 0.15) is 0 Å². The van der Waals surface area contributed by atoms with Crippen LogP contribution in [0, 0.1) is 0 Å². The Morgan fingerprint density at radius 3 is 1.75 bits per heavy atom. The fourth-order valence-electron chi connectivity index (χ4n) is 2.12. The molecule has 0 amide bonds. The number of hydrogen-bond acceptors (Lipinski definition) is 1. The first-order valence-electron chi connectivity index (χ1n) is 5.04. The third kappa shape index (κ3) is 1.40. The predicted molar refractivity (Wildman–Crippen MR) is 49.5 cm³/mol. The van der Waals surface area contributed by atoms with E-state index >= 15 is 0 Å². The fourth-order valence-corrected chi connectivity index (χ4v) is 2.12. The molecule has 1 unspecified atom stereocenters. The zero-order chi connectivity index (χ0) is 15.6. The minimum Gasteiger partial charge on any atom is -0.290 e. The van der Waals surface area contributed by atoms with Gasteiger partial charge in [-0.05, 0) is 0 Å². The van der Waals surface area contributed by atoms with E-state index < -0.39 is 40.6 Å². The Hall–Kier alpha value is -1.67. The Labute approximate surface area is 106 Å². The molecule has 0 aromatic heterocycles. The van der Waals surface area contributed by atoms with E-state index in [-0.39, 0.29) is 0 Å². The van der Waals surface area contributed by atoms with Crippen LogP contribution in [-0.2, 0) is 5.67 Å². The summed E-state index contributed by atoms with van der Waals surface area (Å²) in [7, 11) is 0. The van der Waals surface area contributed by atoms with E-state index in [0.29, 0.717) is 6.07 Å². The molecule has 0 fully saturated rings. The molecule has 0 heterocycles. The van der Waals surface area contributed by atoms with E-state index in [2.05, 4.69) is 0 Å². The summed E-state index contributed by atoms with van der Waals surface area (Å²) in [6.07, 6.45) is -13.3. The summed E-state index contributed by atoms with van der Waals surface area (Å²) in [5.74, 6) is -2.18. The number of halogens is 8. The van der Waals surface area contributed by atoms with Gasteiger partial charge in [-0.15, -0.1) is 0 Å². The maximum atomic E-state index is 14.2. The number of fused-ring (bicyclic) bond motifs is 1. The molecule has 1 nitrogen and oxygen atoms in total. The minimum atomic E-state index is -6.64. The monoisotopic (exact) mass is 304 g/mol. The van der Waals surface area contributed by atoms with Crippen molar-refractivity contribution in [2.45, 2.75) is 23.7 Å². The van der Waals surface area contributed by atoms with Crippen molar-refractivity contribution in [1.82, 2.24) is 0 Å². The van der Waals surface area contributed by atoms with Crippen LogP contribution in [0.3, 0.4) is 0 Å². The molecule has 0 bridgehead atoms. The number of hydrogen-bond donors (Lipinski definition) is 0. The summed E-state index contributed by atoms with van der Waals surface area (Å²) < 4.78 is 103. The van der Waals surface area contributed by atoms with Crippen molar-refractivity contribution in [3.05, 3.63) is 35.4 Å². The van der Waals surface area contributed by atoms with Crippen LogP contribution in [-0.4, -0.2) is 23.8 Å². The van der Waals surface area contributed by atoms with Crippen LogP contribution >= 0.6 is 0 Å². The van der Waals surface area contributed by atoms with E-state index in [4.69, 9.17) is 0 Å². The van der Waals surface area contributed by atoms with Crippen molar-refractivity contribution >= 4 is 5.78 Å². The summed E-state index contributed by atoms with van der Waals surface area (Å²) in [5, 5.41) is 0. The Morgan fingerprint density at radius 1 is 0.850 bits per heavy atom. The van der Waals surface area contributed by atoms with Gasteiger partial charge >= 0.3 is 18.0 Å². The van der Waals surface area contributed by atoms with Gasteiger partial charge in [0.25, 0.3) is 5.67 Å². The van der Waals surface area contributed by atoms with Gasteiger partial charge in [0.2, 0.25) is 5.78 Å². The third-order valence-corrected chi connectivity index (χ3v) is 3.11. The first kappa shape index (κ1) is 14.7. The number of rotatable bonds is 1. The fraction of sp³-hybridized carbons (Fsp3) is 0.364. The molecular formula is C11H4F8O. The maximum Gasteiger partial charge on any atom is 0.435 e. The van der Waals surface area contributed by atoms with Gasteiger partial charge in [0.05, 0.1) is 0 Å². The summed E-state index contributed by atoms with van der Waals surface area (Å²) in [6.45, 7) is 0. The Morgan fingerprint density at radius 2 is 1.30 bits per heavy atom. The average molecular weight is 304 g/mol. The standard InChI is InChI=1S/C11H4F8O/c12-8(6-4-2-1-3-5(6)7(8)20)9(13,10(14,15)16)11(17,18)19/h1-4H. The number of carbonyl (C=O) groups is 1. The van der Waals surface area contributed by atoms with Gasteiger partial charge in [-0.3, -0.25) is 4.79 Å². The molecule has 20 heavy (non-hydrogen) atoms. The van der Waals surface area contributed by atoms with Crippen molar-refractivity contribution in [3.63, 3.8) is 0 Å². The van der Waals surface area contributed by atoms with Crippen molar-refractivity contribution in [2.24, 2.45) is 0 Å². The summed E-state index contributed by atoms with van der Waals surface area (Å²) in [5.41, 5.74) is -13.1. The van der Waals surface area contributed by atoms with E-state index in [0.717, 1.165) is 18.2 Å². The van der Waals surface area contributed by atoms with Gasteiger partial charge in [0.15, 0.2) is 0 Å². The molecule has 1 aromatic carbocycles. The molecular weight excluding hydrogens is 300 g/mol. The molecule has 9 heteroatoms. The second kappa shape index (κ2) is 3.70. The second-order valence-electron chi connectivity index (χ2n) is 4.19. The lowest BCUT2D eigenvalue weighted by Crippen LogP contribution is -2.70. The van der Waals surface area contributed by atoms with Crippen molar-refractivity contribution in [1.29, 1.82) is 0 Å². The highest BCUT2D eigenvalue weighted by Gasteiger charge is 2.87. The van der Waals surface area contributed by atoms with E-state index in [1.54, 1.807) is 0 Å². The number of carbonyl (C=O) groups excluding carboxylic acids is 1. The van der Waals surface area contributed by atoms with Crippen LogP contribution < -0.4 is 0 Å². The van der Waals surface area contributed by atoms with Gasteiger partial charge in [-0.25, -0.2) is 8.78 Å². The van der Waals surface area contributed by atoms with E-state index in [1.807, 2.05) is 0 Å². The molecule has 1 aliphatic rings. The highest BCUT2D eigenvalue weighted by molar-refractivity contribution is 6.13. The van der Waals surface area contributed by atoms with Crippen LogP contribution in [0.5, 0.6) is 0 Å². The van der Waals surface area contributed by atoms with Gasteiger partial charge in [0, 0.05) is 11.1 Å². The molecule has 1 aliphatic carbocycles. The Kier molecular flexibility index (Phi) is 2.73. The second-order valence-corrected chi connectivity index (χ2v) is 4.19. The zero-order valence-corrected chi connectivity index (χ0v) is 9.24. The number of benzene rings is 1. The average Bonchev–Trinajstić information content (AvgIpc) is 2.33. The normalized spacial score (nSPS) is 23.3. The first-order chi connectivity index (χ1) is 8.89. The van der Waals surface area contributed by atoms with Crippen LogP contribution in [0.2, 0.25) is 0 Å². The van der Waals surface area contributed by atoms with Gasteiger partial charge in [-0.1, -0.05) is 24.3 Å². The van der Waals surface area contributed by atoms with E-state index in [9.17, 15) is 39.9 Å². The predicted octanol–water partition coefficient (Wildman–Crippen LogP) is 3.88. The minimum absolute atomic E-state index is 0.516. The quantitative estimate of drug-likeness (QED) is 0.720. The lowest BCUT2D eigenvalue weighted by atomic mass is 9.64. The van der Waals surface area contributed by atoms with Crippen LogP contribution in [0.1, 0.15) is 15.9 Å². The largest absolute Gasteiger partial charge is 0.435 e. The summed E-state index contributed by atoms with van der Waals surface area (Å²) in [6, 6.07) is 3.36. The zero-order valence-electron chi connectivity index (χ0n) is 9.24. The smallest absolute Gasteiger partial charge is 0.290 e. The molecule has 0 radical (unpaired) electrons. The summed E-state index contributed by atoms with van der Waals surface area (Å²) in [4.78, 5) is 11.3. The molecule has 1 atom stereocenters. The molecule has 0 saturated heterocycles. The Balaban J connectivity index is 2.74. The summed E-state index contributed by atoms with van der Waals surface area (Å²) >= 11 is 0. The topological polar surface area (TPSA) is 17.1 Å². The maximum absolute atomic E-state index is 14.2. The van der Waals surface area contributed by atoms with Crippen molar-refractivity contribution in [3.8, 4) is 0 Å². The highest BCUT2D eigenvalue weighted by Crippen LogP contribution is 2.62.